The van der Waals surface area contributed by atoms with E-state index in [1.165, 1.54) is 9.13 Å². The number of imidazole rings is 1. The maximum Gasteiger partial charge on any atom is 0.332 e. The van der Waals surface area contributed by atoms with E-state index in [4.69, 9.17) is 10.7 Å². The summed E-state index contributed by atoms with van der Waals surface area (Å²) in [5.74, 6) is 1.13. The highest BCUT2D eigenvalue weighted by Crippen LogP contribution is 2.23. The minimum Gasteiger partial charge on any atom is -0.341 e. The normalized spacial score (nSPS) is 16.6. The highest BCUT2D eigenvalue weighted by Gasteiger charge is 2.26. The molecule has 1 aliphatic heterocycles. The van der Waals surface area contributed by atoms with Gasteiger partial charge in [0.25, 0.3) is 5.56 Å². The van der Waals surface area contributed by atoms with E-state index in [0.717, 1.165) is 43.1 Å². The van der Waals surface area contributed by atoms with Crippen LogP contribution in [0.15, 0.2) is 40.1 Å². The lowest BCUT2D eigenvalue weighted by Gasteiger charge is -2.31. The second kappa shape index (κ2) is 9.02. The zero-order valence-corrected chi connectivity index (χ0v) is 19.6. The Morgan fingerprint density at radius 3 is 2.76 bits per heavy atom. The molecule has 1 aromatic carbocycles. The predicted octanol–water partition coefficient (Wildman–Crippen LogP) is 1.62. The largest absolute Gasteiger partial charge is 0.341 e. The van der Waals surface area contributed by atoms with E-state index >= 15 is 0 Å². The molecule has 10 heteroatoms. The molecule has 3 aromatic heterocycles. The Balaban J connectivity index is 1.65. The third kappa shape index (κ3) is 3.87. The standard InChI is InChI=1S/C24H30N8O2/c1-3-4-12-31-20-21(28-23(31)30-11-7-9-17(25)14-30)29(2)24(34)32(22(20)33)15-19-26-13-16-8-5-6-10-18(16)27-19/h5-6,8,10,13,17H,3-4,7,9,11-12,14-15,25H2,1-2H3/t17-/m1/s1. The Hall–Kier alpha value is -3.53. The number of hydrogen-bond donors (Lipinski definition) is 1. The van der Waals surface area contributed by atoms with Gasteiger partial charge in [-0.15, -0.1) is 0 Å². The van der Waals surface area contributed by atoms with Gasteiger partial charge in [0.2, 0.25) is 5.95 Å². The molecule has 0 bridgehead atoms. The maximum absolute atomic E-state index is 13.7. The molecule has 1 aliphatic rings. The van der Waals surface area contributed by atoms with E-state index in [2.05, 4.69) is 21.8 Å². The van der Waals surface area contributed by atoms with Gasteiger partial charge < -0.3 is 15.2 Å². The van der Waals surface area contributed by atoms with Crippen LogP contribution in [0.3, 0.4) is 0 Å². The van der Waals surface area contributed by atoms with Crippen LogP contribution in [0.4, 0.5) is 5.95 Å². The number of unbranched alkanes of at least 4 members (excludes halogenated alkanes) is 1. The predicted molar refractivity (Wildman–Crippen MR) is 132 cm³/mol. The van der Waals surface area contributed by atoms with Crippen LogP contribution in [-0.4, -0.2) is 47.8 Å². The van der Waals surface area contributed by atoms with Crippen molar-refractivity contribution in [2.45, 2.75) is 51.7 Å². The maximum atomic E-state index is 13.7. The van der Waals surface area contributed by atoms with Crippen LogP contribution in [0.5, 0.6) is 0 Å². The summed E-state index contributed by atoms with van der Waals surface area (Å²) >= 11 is 0. The smallest absolute Gasteiger partial charge is 0.332 e. The highest BCUT2D eigenvalue weighted by atomic mass is 16.2. The number of aromatic nitrogens is 6. The fraction of sp³-hybridized carbons (Fsp3) is 0.458. The summed E-state index contributed by atoms with van der Waals surface area (Å²) in [6, 6.07) is 7.70. The van der Waals surface area contributed by atoms with Crippen molar-refractivity contribution in [3.8, 4) is 0 Å². The molecule has 0 radical (unpaired) electrons. The number of benzene rings is 1. The minimum atomic E-state index is -0.434. The Labute approximate surface area is 196 Å². The number of rotatable bonds is 6. The topological polar surface area (TPSA) is 117 Å². The summed E-state index contributed by atoms with van der Waals surface area (Å²) in [6.07, 6.45) is 5.54. The summed E-state index contributed by atoms with van der Waals surface area (Å²) in [4.78, 5) is 42.8. The zero-order chi connectivity index (χ0) is 23.8. The first-order valence-electron chi connectivity index (χ1n) is 11.9. The zero-order valence-electron chi connectivity index (χ0n) is 19.6. The third-order valence-corrected chi connectivity index (χ3v) is 6.53. The summed E-state index contributed by atoms with van der Waals surface area (Å²) in [5, 5.41) is 0.906. The lowest BCUT2D eigenvalue weighted by Crippen LogP contribution is -2.44. The van der Waals surface area contributed by atoms with Crippen molar-refractivity contribution in [2.24, 2.45) is 12.8 Å². The van der Waals surface area contributed by atoms with Gasteiger partial charge in [0, 0.05) is 44.3 Å². The third-order valence-electron chi connectivity index (χ3n) is 6.53. The van der Waals surface area contributed by atoms with Gasteiger partial charge in [-0.3, -0.25) is 13.9 Å². The molecular weight excluding hydrogens is 432 g/mol. The number of anilines is 1. The van der Waals surface area contributed by atoms with Crippen molar-refractivity contribution in [1.29, 1.82) is 0 Å². The number of para-hydroxylation sites is 1. The van der Waals surface area contributed by atoms with Gasteiger partial charge in [-0.05, 0) is 25.3 Å². The van der Waals surface area contributed by atoms with Gasteiger partial charge in [0.1, 0.15) is 5.82 Å². The van der Waals surface area contributed by atoms with Gasteiger partial charge in [-0.2, -0.15) is 4.98 Å². The minimum absolute atomic E-state index is 0.00480. The van der Waals surface area contributed by atoms with Crippen LogP contribution in [0.1, 0.15) is 38.4 Å². The van der Waals surface area contributed by atoms with Crippen molar-refractivity contribution in [3.63, 3.8) is 0 Å². The highest BCUT2D eigenvalue weighted by molar-refractivity contribution is 5.77. The van der Waals surface area contributed by atoms with Crippen molar-refractivity contribution < 1.29 is 0 Å². The Kier molecular flexibility index (Phi) is 5.91. The molecule has 4 heterocycles. The molecular formula is C24H30N8O2. The van der Waals surface area contributed by atoms with Gasteiger partial charge in [0.15, 0.2) is 11.2 Å². The van der Waals surface area contributed by atoms with Gasteiger partial charge in [-0.25, -0.2) is 14.8 Å². The molecule has 0 amide bonds. The van der Waals surface area contributed by atoms with Crippen molar-refractivity contribution in [2.75, 3.05) is 18.0 Å². The second-order valence-electron chi connectivity index (χ2n) is 9.02. The number of nitrogens with two attached hydrogens (primary N) is 1. The monoisotopic (exact) mass is 462 g/mol. The average molecular weight is 463 g/mol. The van der Waals surface area contributed by atoms with E-state index in [-0.39, 0.29) is 18.1 Å². The van der Waals surface area contributed by atoms with E-state index in [9.17, 15) is 9.59 Å². The Bertz CT molecular complexity index is 1470. The van der Waals surface area contributed by atoms with E-state index in [1.807, 2.05) is 28.8 Å². The molecule has 1 saturated heterocycles. The number of nitrogens with zero attached hydrogens (tertiary/aromatic N) is 7. The first-order chi connectivity index (χ1) is 16.5. The van der Waals surface area contributed by atoms with Crippen LogP contribution in [-0.2, 0) is 20.1 Å². The number of fused-ring (bicyclic) bond motifs is 2. The number of aryl methyl sites for hydroxylation is 2. The van der Waals surface area contributed by atoms with E-state index in [0.29, 0.717) is 36.0 Å². The first-order valence-corrected chi connectivity index (χ1v) is 11.9. The number of hydrogen-bond acceptors (Lipinski definition) is 7. The van der Waals surface area contributed by atoms with Crippen LogP contribution < -0.4 is 21.9 Å². The molecule has 0 spiro atoms. The molecule has 1 fully saturated rings. The second-order valence-corrected chi connectivity index (χ2v) is 9.02. The summed E-state index contributed by atoms with van der Waals surface area (Å²) < 4.78 is 4.63. The molecule has 0 saturated carbocycles. The van der Waals surface area contributed by atoms with Crippen LogP contribution in [0.2, 0.25) is 0 Å². The van der Waals surface area contributed by atoms with Crippen LogP contribution >= 0.6 is 0 Å². The van der Waals surface area contributed by atoms with Gasteiger partial charge in [0.05, 0.1) is 12.1 Å². The quantitative estimate of drug-likeness (QED) is 0.463. The van der Waals surface area contributed by atoms with Crippen molar-refractivity contribution in [3.05, 3.63) is 57.1 Å². The fourth-order valence-electron chi connectivity index (χ4n) is 4.69. The summed E-state index contributed by atoms with van der Waals surface area (Å²) in [7, 11) is 1.66. The average Bonchev–Trinajstić information content (AvgIpc) is 3.23. The Morgan fingerprint density at radius 2 is 1.97 bits per heavy atom. The summed E-state index contributed by atoms with van der Waals surface area (Å²) in [6.45, 7) is 4.27. The van der Waals surface area contributed by atoms with Crippen LogP contribution in [0, 0.1) is 0 Å². The molecule has 4 aromatic rings. The molecule has 34 heavy (non-hydrogen) atoms. The number of piperidine rings is 1. The lowest BCUT2D eigenvalue weighted by atomic mass is 10.1. The molecule has 0 aliphatic carbocycles. The van der Waals surface area contributed by atoms with Crippen molar-refractivity contribution >= 4 is 28.0 Å². The molecule has 5 rings (SSSR count). The molecule has 0 unspecified atom stereocenters. The van der Waals surface area contributed by atoms with Gasteiger partial charge >= 0.3 is 5.69 Å². The molecule has 178 valence electrons. The van der Waals surface area contributed by atoms with Gasteiger partial charge in [-0.1, -0.05) is 31.5 Å². The van der Waals surface area contributed by atoms with Crippen molar-refractivity contribution in [1.82, 2.24) is 28.7 Å². The SMILES string of the molecule is CCCCn1c(N2CCC[C@@H](N)C2)nc2c1c(=O)n(Cc1ncc3ccccc3n1)c(=O)n2C. The molecule has 10 nitrogen and oxygen atoms in total. The van der Waals surface area contributed by atoms with E-state index in [1.54, 1.807) is 13.2 Å². The lowest BCUT2D eigenvalue weighted by molar-refractivity contribution is 0.491. The summed E-state index contributed by atoms with van der Waals surface area (Å²) in [5.41, 5.74) is 7.03. The Morgan fingerprint density at radius 1 is 1.15 bits per heavy atom. The van der Waals surface area contributed by atoms with Crippen LogP contribution in [0.25, 0.3) is 22.1 Å². The first kappa shape index (κ1) is 22.3. The van der Waals surface area contributed by atoms with E-state index < -0.39 is 5.69 Å². The fourth-order valence-corrected chi connectivity index (χ4v) is 4.69. The molecule has 1 atom stereocenters. The molecule has 2 N–H and O–H groups in total.